The van der Waals surface area contributed by atoms with E-state index in [1.54, 1.807) is 0 Å². The molecular formula is C12H23NO2. The monoisotopic (exact) mass is 213 g/mol. The smallest absolute Gasteiger partial charge is 0.146 e. The molecule has 0 radical (unpaired) electrons. The number of nitrogens with one attached hydrogen (secondary N) is 1. The fourth-order valence-electron chi connectivity index (χ4n) is 1.40. The van der Waals surface area contributed by atoms with E-state index in [4.69, 9.17) is 0 Å². The molecule has 0 spiro atoms. The molecule has 0 saturated heterocycles. The van der Waals surface area contributed by atoms with Gasteiger partial charge in [-0.15, -0.1) is 0 Å². The SMILES string of the molecule is CC(C)CC(=O)CNCC(=O)CC(C)C. The van der Waals surface area contributed by atoms with Gasteiger partial charge in [0.25, 0.3) is 0 Å². The molecule has 0 unspecified atom stereocenters. The fourth-order valence-corrected chi connectivity index (χ4v) is 1.40. The lowest BCUT2D eigenvalue weighted by Crippen LogP contribution is -2.29. The van der Waals surface area contributed by atoms with Gasteiger partial charge >= 0.3 is 0 Å². The molecule has 0 aliphatic heterocycles. The van der Waals surface area contributed by atoms with Crippen LogP contribution in [0.15, 0.2) is 0 Å². The van der Waals surface area contributed by atoms with Crippen molar-refractivity contribution < 1.29 is 9.59 Å². The molecule has 0 saturated carbocycles. The summed E-state index contributed by atoms with van der Waals surface area (Å²) in [5.41, 5.74) is 0. The van der Waals surface area contributed by atoms with E-state index in [1.807, 2.05) is 27.7 Å². The Kier molecular flexibility index (Phi) is 7.22. The Morgan fingerprint density at radius 2 is 1.20 bits per heavy atom. The van der Waals surface area contributed by atoms with Gasteiger partial charge < -0.3 is 5.32 Å². The van der Waals surface area contributed by atoms with E-state index >= 15 is 0 Å². The normalized spacial score (nSPS) is 11.1. The molecule has 88 valence electrons. The average Bonchev–Trinajstić information content (AvgIpc) is 2.00. The average molecular weight is 213 g/mol. The van der Waals surface area contributed by atoms with Crippen molar-refractivity contribution in [2.45, 2.75) is 40.5 Å². The van der Waals surface area contributed by atoms with Crippen LogP contribution in [0.5, 0.6) is 0 Å². The summed E-state index contributed by atoms with van der Waals surface area (Å²) in [6.45, 7) is 8.71. The fraction of sp³-hybridized carbons (Fsp3) is 0.833. The van der Waals surface area contributed by atoms with E-state index in [-0.39, 0.29) is 11.6 Å². The van der Waals surface area contributed by atoms with E-state index in [1.165, 1.54) is 0 Å². The topological polar surface area (TPSA) is 46.2 Å². The molecule has 1 N–H and O–H groups in total. The molecule has 0 bridgehead atoms. The summed E-state index contributed by atoms with van der Waals surface area (Å²) in [6, 6.07) is 0. The highest BCUT2D eigenvalue weighted by Crippen LogP contribution is 2.00. The Balaban J connectivity index is 3.53. The Bertz CT molecular complexity index is 188. The molecule has 0 heterocycles. The highest BCUT2D eigenvalue weighted by molar-refractivity contribution is 5.83. The lowest BCUT2D eigenvalue weighted by Gasteiger charge is -2.06. The Morgan fingerprint density at radius 1 is 0.867 bits per heavy atom. The zero-order valence-electron chi connectivity index (χ0n) is 10.3. The molecule has 0 rings (SSSR count). The highest BCUT2D eigenvalue weighted by atomic mass is 16.1. The molecule has 3 heteroatoms. The molecule has 0 aliphatic rings. The summed E-state index contributed by atoms with van der Waals surface area (Å²) < 4.78 is 0. The van der Waals surface area contributed by atoms with Crippen molar-refractivity contribution in [3.05, 3.63) is 0 Å². The standard InChI is InChI=1S/C12H23NO2/c1-9(2)5-11(14)7-13-8-12(15)6-10(3)4/h9-10,13H,5-8H2,1-4H3. The molecule has 0 aromatic heterocycles. The second-order valence-electron chi connectivity index (χ2n) is 4.88. The van der Waals surface area contributed by atoms with Crippen LogP contribution in [-0.4, -0.2) is 24.7 Å². The highest BCUT2D eigenvalue weighted by Gasteiger charge is 2.07. The van der Waals surface area contributed by atoms with E-state index in [9.17, 15) is 9.59 Å². The summed E-state index contributed by atoms with van der Waals surface area (Å²) in [5, 5.41) is 2.90. The van der Waals surface area contributed by atoms with Gasteiger partial charge in [-0.05, 0) is 11.8 Å². The summed E-state index contributed by atoms with van der Waals surface area (Å²) in [6.07, 6.45) is 1.18. The van der Waals surface area contributed by atoms with Crippen molar-refractivity contribution in [2.24, 2.45) is 11.8 Å². The van der Waals surface area contributed by atoms with E-state index in [2.05, 4.69) is 5.32 Å². The van der Waals surface area contributed by atoms with Crippen LogP contribution in [0, 0.1) is 11.8 Å². The van der Waals surface area contributed by atoms with Crippen LogP contribution in [0.2, 0.25) is 0 Å². The lowest BCUT2D eigenvalue weighted by atomic mass is 10.1. The zero-order valence-corrected chi connectivity index (χ0v) is 10.3. The van der Waals surface area contributed by atoms with Crippen molar-refractivity contribution in [3.63, 3.8) is 0 Å². The van der Waals surface area contributed by atoms with Crippen LogP contribution in [0.4, 0.5) is 0 Å². The van der Waals surface area contributed by atoms with Crippen LogP contribution in [0.1, 0.15) is 40.5 Å². The Labute approximate surface area is 92.6 Å². The van der Waals surface area contributed by atoms with Gasteiger partial charge in [0, 0.05) is 12.8 Å². The van der Waals surface area contributed by atoms with Gasteiger partial charge in [-0.2, -0.15) is 0 Å². The van der Waals surface area contributed by atoms with Crippen molar-refractivity contribution in [1.82, 2.24) is 5.32 Å². The van der Waals surface area contributed by atoms with Gasteiger partial charge in [0.15, 0.2) is 0 Å². The minimum absolute atomic E-state index is 0.183. The second kappa shape index (κ2) is 7.57. The van der Waals surface area contributed by atoms with Crippen molar-refractivity contribution >= 4 is 11.6 Å². The molecule has 3 nitrogen and oxygen atoms in total. The van der Waals surface area contributed by atoms with Crippen LogP contribution in [-0.2, 0) is 9.59 Å². The minimum atomic E-state index is 0.183. The van der Waals surface area contributed by atoms with Crippen molar-refractivity contribution in [1.29, 1.82) is 0 Å². The number of ketones is 2. The van der Waals surface area contributed by atoms with Gasteiger partial charge in [0.05, 0.1) is 13.1 Å². The number of Topliss-reactive ketones (excluding diaryl/α,β-unsaturated/α-hetero) is 2. The first-order valence-electron chi connectivity index (χ1n) is 5.66. The molecule has 0 aromatic carbocycles. The van der Waals surface area contributed by atoms with Crippen LogP contribution in [0.25, 0.3) is 0 Å². The third kappa shape index (κ3) is 9.60. The van der Waals surface area contributed by atoms with E-state index in [0.717, 1.165) is 0 Å². The first kappa shape index (κ1) is 14.3. The molecule has 15 heavy (non-hydrogen) atoms. The third-order valence-corrected chi connectivity index (χ3v) is 1.92. The Hall–Kier alpha value is -0.700. The lowest BCUT2D eigenvalue weighted by molar-refractivity contribution is -0.120. The number of rotatable bonds is 8. The largest absolute Gasteiger partial charge is 0.303 e. The number of carbonyl (C=O) groups excluding carboxylic acids is 2. The third-order valence-electron chi connectivity index (χ3n) is 1.92. The molecular weight excluding hydrogens is 190 g/mol. The van der Waals surface area contributed by atoms with Gasteiger partial charge in [0.1, 0.15) is 11.6 Å². The predicted octanol–water partition coefficient (Wildman–Crippen LogP) is 1.81. The van der Waals surface area contributed by atoms with Gasteiger partial charge in [-0.25, -0.2) is 0 Å². The summed E-state index contributed by atoms with van der Waals surface area (Å²) in [4.78, 5) is 22.6. The van der Waals surface area contributed by atoms with Crippen LogP contribution >= 0.6 is 0 Å². The van der Waals surface area contributed by atoms with Crippen molar-refractivity contribution in [3.8, 4) is 0 Å². The van der Waals surface area contributed by atoms with Crippen LogP contribution < -0.4 is 5.32 Å². The molecule has 0 atom stereocenters. The van der Waals surface area contributed by atoms with Crippen LogP contribution in [0.3, 0.4) is 0 Å². The van der Waals surface area contributed by atoms with E-state index < -0.39 is 0 Å². The second-order valence-corrected chi connectivity index (χ2v) is 4.88. The molecule has 0 aliphatic carbocycles. The predicted molar refractivity (Wildman–Crippen MR) is 61.8 cm³/mol. The maximum absolute atomic E-state index is 11.3. The maximum Gasteiger partial charge on any atom is 0.146 e. The molecule has 0 fully saturated rings. The number of carbonyl (C=O) groups is 2. The molecule has 0 amide bonds. The first-order chi connectivity index (χ1) is 6.91. The summed E-state index contributed by atoms with van der Waals surface area (Å²) >= 11 is 0. The van der Waals surface area contributed by atoms with Gasteiger partial charge in [-0.3, -0.25) is 9.59 Å². The van der Waals surface area contributed by atoms with Crippen molar-refractivity contribution in [2.75, 3.05) is 13.1 Å². The van der Waals surface area contributed by atoms with E-state index in [0.29, 0.717) is 37.8 Å². The summed E-state index contributed by atoms with van der Waals surface area (Å²) in [5.74, 6) is 1.15. The van der Waals surface area contributed by atoms with Gasteiger partial charge in [0.2, 0.25) is 0 Å². The summed E-state index contributed by atoms with van der Waals surface area (Å²) in [7, 11) is 0. The number of hydrogen-bond donors (Lipinski definition) is 1. The number of hydrogen-bond acceptors (Lipinski definition) is 3. The first-order valence-corrected chi connectivity index (χ1v) is 5.66. The Morgan fingerprint density at radius 3 is 1.47 bits per heavy atom. The minimum Gasteiger partial charge on any atom is -0.303 e. The zero-order chi connectivity index (χ0) is 11.8. The molecule has 0 aromatic rings. The van der Waals surface area contributed by atoms with Gasteiger partial charge in [-0.1, -0.05) is 27.7 Å². The maximum atomic E-state index is 11.3. The quantitative estimate of drug-likeness (QED) is 0.669.